The van der Waals surface area contributed by atoms with E-state index >= 15 is 0 Å². The summed E-state index contributed by atoms with van der Waals surface area (Å²) in [4.78, 5) is 53.5. The van der Waals surface area contributed by atoms with E-state index in [0.29, 0.717) is 5.56 Å². The lowest BCUT2D eigenvalue weighted by Crippen LogP contribution is -2.56. The highest BCUT2D eigenvalue weighted by atomic mass is 19.1. The lowest BCUT2D eigenvalue weighted by molar-refractivity contribution is -0.140. The van der Waals surface area contributed by atoms with Crippen molar-refractivity contribution in [1.29, 1.82) is 0 Å². The first-order valence-electron chi connectivity index (χ1n) is 13.9. The van der Waals surface area contributed by atoms with E-state index in [9.17, 15) is 23.6 Å². The summed E-state index contributed by atoms with van der Waals surface area (Å²) in [6.07, 6.45) is -0.755. The molecule has 1 aromatic carbocycles. The molecule has 0 bridgehead atoms. The second-order valence-corrected chi connectivity index (χ2v) is 12.8. The molecule has 0 spiro atoms. The lowest BCUT2D eigenvalue weighted by Gasteiger charge is -2.34. The van der Waals surface area contributed by atoms with Crippen molar-refractivity contribution in [2.75, 3.05) is 20.2 Å². The van der Waals surface area contributed by atoms with Crippen LogP contribution < -0.4 is 10.6 Å². The Hall–Kier alpha value is -3.83. The zero-order valence-electron chi connectivity index (χ0n) is 26.2. The fourth-order valence-corrected chi connectivity index (χ4v) is 4.31. The largest absolute Gasteiger partial charge is 0.453 e. The molecule has 2 atom stereocenters. The Morgan fingerprint density at radius 1 is 0.929 bits per heavy atom. The molecular weight excluding hydrogens is 545 g/mol. The molecule has 0 radical (unpaired) electrons. The van der Waals surface area contributed by atoms with Crippen molar-refractivity contribution in [3.8, 4) is 0 Å². The molecule has 0 aliphatic rings. The molecule has 0 fully saturated rings. The van der Waals surface area contributed by atoms with Crippen molar-refractivity contribution in [2.45, 2.75) is 79.8 Å². The number of halogens is 1. The van der Waals surface area contributed by atoms with Crippen LogP contribution in [-0.2, 0) is 19.7 Å². The molecule has 2 N–H and O–H groups in total. The number of ketones is 1. The quantitative estimate of drug-likeness (QED) is 0.352. The highest BCUT2D eigenvalue weighted by Gasteiger charge is 2.36. The summed E-state index contributed by atoms with van der Waals surface area (Å²) in [5, 5.41) is 13.3. The minimum Gasteiger partial charge on any atom is -0.453 e. The number of amides is 3. The number of alkyl carbamates (subject to hydrolysis) is 1. The number of nitrogens with zero attached hydrogens (tertiary/aromatic N) is 3. The molecule has 42 heavy (non-hydrogen) atoms. The van der Waals surface area contributed by atoms with Crippen molar-refractivity contribution < 1.29 is 32.7 Å². The van der Waals surface area contributed by atoms with Gasteiger partial charge in [0.1, 0.15) is 11.9 Å². The highest BCUT2D eigenvalue weighted by molar-refractivity contribution is 5.99. The third-order valence-electron chi connectivity index (χ3n) is 6.70. The Morgan fingerprint density at radius 3 is 2.00 bits per heavy atom. The molecule has 0 saturated carbocycles. The van der Waals surface area contributed by atoms with Gasteiger partial charge in [-0.25, -0.2) is 9.18 Å². The zero-order valence-corrected chi connectivity index (χ0v) is 26.2. The number of rotatable bonds is 12. The number of hydrogen-bond acceptors (Lipinski definition) is 8. The summed E-state index contributed by atoms with van der Waals surface area (Å²) in [6, 6.07) is 3.93. The smallest absolute Gasteiger partial charge is 0.407 e. The van der Waals surface area contributed by atoms with Gasteiger partial charge >= 0.3 is 6.09 Å². The van der Waals surface area contributed by atoms with E-state index < -0.39 is 41.2 Å². The number of aromatic nitrogens is 2. The van der Waals surface area contributed by atoms with Gasteiger partial charge < -0.3 is 24.7 Å². The Kier molecular flexibility index (Phi) is 11.4. The maximum Gasteiger partial charge on any atom is 0.407 e. The predicted octanol–water partition coefficient (Wildman–Crippen LogP) is 4.11. The van der Waals surface area contributed by atoms with Crippen LogP contribution >= 0.6 is 0 Å². The minimum absolute atomic E-state index is 0.158. The summed E-state index contributed by atoms with van der Waals surface area (Å²) in [5.74, 6) is -2.71. The first kappa shape index (κ1) is 34.4. The normalized spacial score (nSPS) is 13.5. The molecule has 1 heterocycles. The minimum atomic E-state index is -1.01. The zero-order chi connectivity index (χ0) is 32.0. The van der Waals surface area contributed by atoms with Gasteiger partial charge in [0.05, 0.1) is 25.1 Å². The third-order valence-corrected chi connectivity index (χ3v) is 6.70. The maximum atomic E-state index is 13.5. The van der Waals surface area contributed by atoms with Crippen molar-refractivity contribution >= 4 is 23.7 Å². The average Bonchev–Trinajstić information content (AvgIpc) is 3.39. The van der Waals surface area contributed by atoms with Gasteiger partial charge in [0.25, 0.3) is 5.89 Å². The van der Waals surface area contributed by atoms with E-state index in [0.717, 1.165) is 0 Å². The van der Waals surface area contributed by atoms with Crippen LogP contribution in [-0.4, -0.2) is 71.1 Å². The van der Waals surface area contributed by atoms with Crippen molar-refractivity contribution in [1.82, 2.24) is 25.7 Å². The fraction of sp³-hybridized carbons (Fsp3) is 0.600. The first-order valence-corrected chi connectivity index (χ1v) is 13.9. The topological polar surface area (TPSA) is 144 Å². The molecule has 232 valence electrons. The molecule has 0 unspecified atom stereocenters. The number of nitrogens with one attached hydrogen (secondary N) is 2. The van der Waals surface area contributed by atoms with E-state index in [4.69, 9.17) is 4.42 Å². The van der Waals surface area contributed by atoms with E-state index in [-0.39, 0.29) is 47.9 Å². The van der Waals surface area contributed by atoms with Crippen LogP contribution in [0, 0.1) is 23.1 Å². The second-order valence-electron chi connectivity index (χ2n) is 12.8. The summed E-state index contributed by atoms with van der Waals surface area (Å²) in [6.45, 7) is 16.3. The number of benzene rings is 1. The Balaban J connectivity index is 2.26. The van der Waals surface area contributed by atoms with Crippen LogP contribution in [0.1, 0.15) is 84.5 Å². The molecule has 3 amide bonds. The van der Waals surface area contributed by atoms with Crippen molar-refractivity contribution in [2.24, 2.45) is 17.3 Å². The van der Waals surface area contributed by atoms with Crippen LogP contribution in [0.3, 0.4) is 0 Å². The molecule has 0 aliphatic carbocycles. The summed E-state index contributed by atoms with van der Waals surface area (Å²) in [5.41, 5.74) is -0.465. The maximum absolute atomic E-state index is 13.5. The van der Waals surface area contributed by atoms with Crippen LogP contribution in [0.25, 0.3) is 0 Å². The molecule has 2 aromatic rings. The van der Waals surface area contributed by atoms with Gasteiger partial charge in [-0.2, -0.15) is 0 Å². The third kappa shape index (κ3) is 9.09. The van der Waals surface area contributed by atoms with Gasteiger partial charge in [-0.1, -0.05) is 60.6 Å². The Labute approximate surface area is 247 Å². The predicted molar refractivity (Wildman–Crippen MR) is 154 cm³/mol. The van der Waals surface area contributed by atoms with Crippen LogP contribution in [0.5, 0.6) is 0 Å². The van der Waals surface area contributed by atoms with Gasteiger partial charge in [-0.15, -0.1) is 10.2 Å². The van der Waals surface area contributed by atoms with Gasteiger partial charge in [0.2, 0.25) is 23.5 Å². The Bertz CT molecular complexity index is 1250. The van der Waals surface area contributed by atoms with Gasteiger partial charge in [0, 0.05) is 6.54 Å². The molecule has 0 aliphatic heterocycles. The fourth-order valence-electron chi connectivity index (χ4n) is 4.31. The van der Waals surface area contributed by atoms with Gasteiger partial charge in [-0.05, 0) is 48.8 Å². The molecule has 1 aromatic heterocycles. The molecule has 12 heteroatoms. The summed E-state index contributed by atoms with van der Waals surface area (Å²) in [7, 11) is 1.21. The SMILES string of the molecule is COC(=O)N[C@H](C(=O)N(CC(=O)N[C@H](C(=O)c1nnc(C(C)(C)c2ccc(F)cc2)o1)C(C)C)CC(C)(C)C)C(C)C. The molecule has 0 saturated heterocycles. The highest BCUT2D eigenvalue weighted by Crippen LogP contribution is 2.31. The van der Waals surface area contributed by atoms with E-state index in [2.05, 4.69) is 25.6 Å². The van der Waals surface area contributed by atoms with E-state index in [1.807, 2.05) is 34.6 Å². The summed E-state index contributed by atoms with van der Waals surface area (Å²) < 4.78 is 23.9. The van der Waals surface area contributed by atoms with E-state index in [1.165, 1.54) is 24.1 Å². The van der Waals surface area contributed by atoms with Crippen LogP contribution in [0.15, 0.2) is 28.7 Å². The summed E-state index contributed by atoms with van der Waals surface area (Å²) >= 11 is 0. The second kappa shape index (κ2) is 13.9. The number of carbonyl (C=O) groups excluding carboxylic acids is 4. The van der Waals surface area contributed by atoms with Crippen LogP contribution in [0.4, 0.5) is 9.18 Å². The number of carbonyl (C=O) groups is 4. The van der Waals surface area contributed by atoms with Gasteiger partial charge in [0.15, 0.2) is 0 Å². The lowest BCUT2D eigenvalue weighted by atomic mass is 9.84. The van der Waals surface area contributed by atoms with Crippen LogP contribution in [0.2, 0.25) is 0 Å². The van der Waals surface area contributed by atoms with Crippen molar-refractivity contribution in [3.63, 3.8) is 0 Å². The number of ether oxygens (including phenoxy) is 1. The Morgan fingerprint density at radius 2 is 1.50 bits per heavy atom. The van der Waals surface area contributed by atoms with Crippen molar-refractivity contribution in [3.05, 3.63) is 47.4 Å². The molecule has 11 nitrogen and oxygen atoms in total. The molecular formula is C30H44FN5O6. The van der Waals surface area contributed by atoms with E-state index in [1.54, 1.807) is 39.8 Å². The van der Waals surface area contributed by atoms with Gasteiger partial charge in [-0.3, -0.25) is 14.4 Å². The number of hydrogen-bond donors (Lipinski definition) is 2. The number of methoxy groups -OCH3 is 1. The monoisotopic (exact) mass is 589 g/mol. The average molecular weight is 590 g/mol. The molecule has 2 rings (SSSR count). The number of Topliss-reactive ketones (excluding diaryl/α,β-unsaturated/α-hetero) is 1. The first-order chi connectivity index (χ1) is 19.4. The standard InChI is InChI=1S/C30H44FN5O6/c1-17(2)22(24(38)25-34-35-27(42-25)30(8,9)19-11-13-20(31)14-12-19)32-21(37)15-36(16-29(5,6)7)26(39)23(18(3)4)33-28(40)41-10/h11-14,17-18,22-23H,15-16H2,1-10H3,(H,32,37)(H,33,40)/t22-,23-/m0/s1.